The van der Waals surface area contributed by atoms with Crippen LogP contribution < -0.4 is 0 Å². The molecule has 0 aromatic carbocycles. The molecule has 8 heavy (non-hydrogen) atoms. The van der Waals surface area contributed by atoms with Crippen molar-refractivity contribution in [3.8, 4) is 0 Å². The second kappa shape index (κ2) is 2.57. The van der Waals surface area contributed by atoms with E-state index in [1.165, 1.54) is 25.7 Å². The van der Waals surface area contributed by atoms with Crippen molar-refractivity contribution in [1.82, 2.24) is 0 Å². The first-order valence-electron chi connectivity index (χ1n) is 3.56. The highest BCUT2D eigenvalue weighted by atomic mass is 14.2. The summed E-state index contributed by atoms with van der Waals surface area (Å²) in [5.74, 6) is 1.28. The van der Waals surface area contributed by atoms with E-state index in [0.29, 0.717) is 5.82 Å². The van der Waals surface area contributed by atoms with Gasteiger partial charge in [0.25, 0.3) is 0 Å². The average Bonchev–Trinajstić information content (AvgIpc) is 1.77. The molecule has 1 fully saturated rings. The summed E-state index contributed by atoms with van der Waals surface area (Å²) in [7, 11) is 5.78. The van der Waals surface area contributed by atoms with E-state index in [1.807, 2.05) is 0 Å². The topological polar surface area (TPSA) is 0 Å². The van der Waals surface area contributed by atoms with Gasteiger partial charge in [0.15, 0.2) is 0 Å². The molecule has 1 saturated carbocycles. The minimum Gasteiger partial charge on any atom is -0.0749 e. The number of hydrogen-bond acceptors (Lipinski definition) is 0. The van der Waals surface area contributed by atoms with Crippen molar-refractivity contribution < 1.29 is 0 Å². The SMILES string of the molecule is [B][C@@H]1CCCC[C@H]1C. The van der Waals surface area contributed by atoms with Crippen LogP contribution in [0.25, 0.3) is 0 Å². The Kier molecular flexibility index (Phi) is 1.98. The van der Waals surface area contributed by atoms with Gasteiger partial charge in [0.1, 0.15) is 0 Å². The summed E-state index contributed by atoms with van der Waals surface area (Å²) in [5, 5.41) is 0. The van der Waals surface area contributed by atoms with Crippen molar-refractivity contribution in [2.24, 2.45) is 5.92 Å². The zero-order chi connectivity index (χ0) is 5.98. The molecule has 0 aromatic heterocycles. The minimum atomic E-state index is 0.503. The fourth-order valence-corrected chi connectivity index (χ4v) is 1.34. The summed E-state index contributed by atoms with van der Waals surface area (Å²) in [5.41, 5.74) is 0. The van der Waals surface area contributed by atoms with Crippen LogP contribution in [0.5, 0.6) is 0 Å². The summed E-state index contributed by atoms with van der Waals surface area (Å²) < 4.78 is 0. The van der Waals surface area contributed by atoms with Crippen LogP contribution in [-0.2, 0) is 0 Å². The molecular formula is C7H13B. The van der Waals surface area contributed by atoms with E-state index in [4.69, 9.17) is 7.85 Å². The van der Waals surface area contributed by atoms with E-state index in [0.717, 1.165) is 5.92 Å². The van der Waals surface area contributed by atoms with Crippen molar-refractivity contribution in [3.05, 3.63) is 0 Å². The average molecular weight is 108 g/mol. The van der Waals surface area contributed by atoms with Gasteiger partial charge < -0.3 is 0 Å². The van der Waals surface area contributed by atoms with Crippen LogP contribution >= 0.6 is 0 Å². The van der Waals surface area contributed by atoms with Crippen molar-refractivity contribution in [2.75, 3.05) is 0 Å². The molecule has 1 heteroatoms. The van der Waals surface area contributed by atoms with Crippen LogP contribution in [0.1, 0.15) is 32.6 Å². The lowest BCUT2D eigenvalue weighted by molar-refractivity contribution is 0.386. The Bertz CT molecular complexity index is 60.8. The first kappa shape index (κ1) is 6.19. The molecule has 1 aliphatic carbocycles. The molecular weight excluding hydrogens is 94.9 g/mol. The zero-order valence-electron chi connectivity index (χ0n) is 5.56. The highest BCUT2D eigenvalue weighted by Gasteiger charge is 2.15. The molecule has 0 N–H and O–H groups in total. The van der Waals surface area contributed by atoms with Gasteiger partial charge >= 0.3 is 0 Å². The van der Waals surface area contributed by atoms with E-state index in [-0.39, 0.29) is 0 Å². The largest absolute Gasteiger partial charge is 0.0749 e. The molecule has 0 amide bonds. The molecule has 0 bridgehead atoms. The standard InChI is InChI=1S/C7H13B/c1-6-4-2-3-5-7(6)8/h6-7H,2-5H2,1H3/t6-,7-/m1/s1. The maximum absolute atomic E-state index is 5.78. The van der Waals surface area contributed by atoms with Crippen molar-refractivity contribution in [3.63, 3.8) is 0 Å². The molecule has 44 valence electrons. The maximum atomic E-state index is 5.78. The third-order valence-electron chi connectivity index (χ3n) is 2.18. The van der Waals surface area contributed by atoms with E-state index in [1.54, 1.807) is 0 Å². The summed E-state index contributed by atoms with van der Waals surface area (Å²) >= 11 is 0. The lowest BCUT2D eigenvalue weighted by Crippen LogP contribution is -2.10. The molecule has 0 spiro atoms. The summed E-state index contributed by atoms with van der Waals surface area (Å²) in [6.45, 7) is 2.25. The van der Waals surface area contributed by atoms with Crippen LogP contribution in [0.4, 0.5) is 0 Å². The molecule has 1 aliphatic rings. The molecule has 0 heterocycles. The van der Waals surface area contributed by atoms with Crippen molar-refractivity contribution >= 4 is 7.85 Å². The predicted octanol–water partition coefficient (Wildman–Crippen LogP) is 2.15. The molecule has 0 saturated heterocycles. The van der Waals surface area contributed by atoms with Crippen LogP contribution in [0.2, 0.25) is 5.82 Å². The highest BCUT2D eigenvalue weighted by Crippen LogP contribution is 2.31. The van der Waals surface area contributed by atoms with Crippen molar-refractivity contribution in [2.45, 2.75) is 38.4 Å². The second-order valence-electron chi connectivity index (χ2n) is 2.93. The Morgan fingerprint density at radius 3 is 2.25 bits per heavy atom. The monoisotopic (exact) mass is 108 g/mol. The quantitative estimate of drug-likeness (QED) is 0.417. The van der Waals surface area contributed by atoms with E-state index < -0.39 is 0 Å². The van der Waals surface area contributed by atoms with Crippen LogP contribution in [0.15, 0.2) is 0 Å². The van der Waals surface area contributed by atoms with E-state index in [2.05, 4.69) is 6.92 Å². The van der Waals surface area contributed by atoms with E-state index in [9.17, 15) is 0 Å². The van der Waals surface area contributed by atoms with Gasteiger partial charge in [-0.1, -0.05) is 38.4 Å². The number of rotatable bonds is 0. The van der Waals surface area contributed by atoms with Gasteiger partial charge in [0, 0.05) is 0 Å². The van der Waals surface area contributed by atoms with Gasteiger partial charge in [-0.3, -0.25) is 0 Å². The summed E-state index contributed by atoms with van der Waals surface area (Å²) in [4.78, 5) is 0. The molecule has 0 aromatic rings. The van der Waals surface area contributed by atoms with Crippen LogP contribution in [0.3, 0.4) is 0 Å². The normalized spacial score (nSPS) is 39.6. The Hall–Kier alpha value is 0.0649. The van der Waals surface area contributed by atoms with Crippen molar-refractivity contribution in [1.29, 1.82) is 0 Å². The van der Waals surface area contributed by atoms with Gasteiger partial charge in [0.2, 0.25) is 0 Å². The summed E-state index contributed by atoms with van der Waals surface area (Å²) in [6.07, 6.45) is 5.35. The van der Waals surface area contributed by atoms with Gasteiger partial charge in [-0.15, -0.1) is 0 Å². The fraction of sp³-hybridized carbons (Fsp3) is 1.00. The van der Waals surface area contributed by atoms with Crippen LogP contribution in [0, 0.1) is 5.92 Å². The maximum Gasteiger partial charge on any atom is 0.0703 e. The van der Waals surface area contributed by atoms with Gasteiger partial charge in [-0.25, -0.2) is 0 Å². The first-order valence-corrected chi connectivity index (χ1v) is 3.56. The van der Waals surface area contributed by atoms with Crippen LogP contribution in [-0.4, -0.2) is 7.85 Å². The number of hydrogen-bond donors (Lipinski definition) is 0. The van der Waals surface area contributed by atoms with E-state index >= 15 is 0 Å². The molecule has 0 unspecified atom stereocenters. The lowest BCUT2D eigenvalue weighted by Gasteiger charge is -2.24. The Balaban J connectivity index is 2.28. The van der Waals surface area contributed by atoms with Gasteiger partial charge in [-0.05, 0) is 5.92 Å². The Labute approximate surface area is 53.1 Å². The molecule has 2 radical (unpaired) electrons. The third kappa shape index (κ3) is 1.27. The third-order valence-corrected chi connectivity index (χ3v) is 2.18. The Morgan fingerprint density at radius 1 is 1.25 bits per heavy atom. The highest BCUT2D eigenvalue weighted by molar-refractivity contribution is 6.11. The van der Waals surface area contributed by atoms with Gasteiger partial charge in [-0.2, -0.15) is 0 Å². The summed E-state index contributed by atoms with van der Waals surface area (Å²) in [6, 6.07) is 0. The Morgan fingerprint density at radius 2 is 1.88 bits per heavy atom. The fourth-order valence-electron chi connectivity index (χ4n) is 1.34. The minimum absolute atomic E-state index is 0.503. The second-order valence-corrected chi connectivity index (χ2v) is 2.93. The predicted molar refractivity (Wildman–Crippen MR) is 37.1 cm³/mol. The molecule has 1 rings (SSSR count). The first-order chi connectivity index (χ1) is 3.80. The van der Waals surface area contributed by atoms with Gasteiger partial charge in [0.05, 0.1) is 7.85 Å². The molecule has 0 aliphatic heterocycles. The zero-order valence-corrected chi connectivity index (χ0v) is 5.56. The smallest absolute Gasteiger partial charge is 0.0703 e. The lowest BCUT2D eigenvalue weighted by atomic mass is 9.69. The molecule has 0 nitrogen and oxygen atoms in total. The molecule has 2 atom stereocenters.